The minimum Gasteiger partial charge on any atom is -0.339 e. The molecule has 0 aliphatic heterocycles. The standard InChI is InChI=1S/C14H17FN2O3/c1-16(11-5-3-2-4-6-11)14(18)12-9-10(15)7-8-13(12)17(19)20/h7-9,11H,2-6H2,1H3. The van der Waals surface area contributed by atoms with Gasteiger partial charge >= 0.3 is 0 Å². The Labute approximate surface area is 116 Å². The lowest BCUT2D eigenvalue weighted by atomic mass is 9.94. The number of amides is 1. The van der Waals surface area contributed by atoms with Crippen LogP contribution in [0, 0.1) is 15.9 Å². The second kappa shape index (κ2) is 5.98. The van der Waals surface area contributed by atoms with E-state index in [1.807, 2.05) is 0 Å². The Kier molecular flexibility index (Phi) is 4.32. The summed E-state index contributed by atoms with van der Waals surface area (Å²) < 4.78 is 13.3. The minimum atomic E-state index is -0.651. The Hall–Kier alpha value is -1.98. The van der Waals surface area contributed by atoms with E-state index in [-0.39, 0.29) is 17.3 Å². The Morgan fingerprint density at radius 2 is 2.00 bits per heavy atom. The molecular weight excluding hydrogens is 263 g/mol. The highest BCUT2D eigenvalue weighted by Crippen LogP contribution is 2.26. The zero-order chi connectivity index (χ0) is 14.7. The van der Waals surface area contributed by atoms with Crippen LogP contribution in [0.2, 0.25) is 0 Å². The van der Waals surface area contributed by atoms with E-state index >= 15 is 0 Å². The molecule has 0 saturated heterocycles. The zero-order valence-corrected chi connectivity index (χ0v) is 11.3. The predicted molar refractivity (Wildman–Crippen MR) is 72.0 cm³/mol. The number of halogens is 1. The number of nitro benzene ring substituents is 1. The van der Waals surface area contributed by atoms with E-state index in [0.717, 1.165) is 50.3 Å². The van der Waals surface area contributed by atoms with Crippen LogP contribution in [0.25, 0.3) is 0 Å². The van der Waals surface area contributed by atoms with Gasteiger partial charge in [-0.3, -0.25) is 14.9 Å². The van der Waals surface area contributed by atoms with Crippen molar-refractivity contribution in [3.63, 3.8) is 0 Å². The second-order valence-corrected chi connectivity index (χ2v) is 5.13. The van der Waals surface area contributed by atoms with Crippen molar-refractivity contribution in [3.05, 3.63) is 39.7 Å². The van der Waals surface area contributed by atoms with Gasteiger partial charge in [-0.2, -0.15) is 0 Å². The van der Waals surface area contributed by atoms with Crippen molar-refractivity contribution in [3.8, 4) is 0 Å². The Bertz CT molecular complexity index is 527. The van der Waals surface area contributed by atoms with Crippen molar-refractivity contribution in [2.45, 2.75) is 38.1 Å². The maximum Gasteiger partial charge on any atom is 0.282 e. The zero-order valence-electron chi connectivity index (χ0n) is 11.3. The van der Waals surface area contributed by atoms with Crippen molar-refractivity contribution >= 4 is 11.6 Å². The molecule has 0 bridgehead atoms. The summed E-state index contributed by atoms with van der Waals surface area (Å²) in [5.74, 6) is -1.13. The molecule has 0 radical (unpaired) electrons. The molecule has 0 spiro atoms. The van der Waals surface area contributed by atoms with Gasteiger partial charge in [0, 0.05) is 19.2 Å². The smallest absolute Gasteiger partial charge is 0.282 e. The van der Waals surface area contributed by atoms with Crippen molar-refractivity contribution < 1.29 is 14.1 Å². The summed E-state index contributed by atoms with van der Waals surface area (Å²) in [5, 5.41) is 10.9. The molecule has 0 N–H and O–H groups in total. The van der Waals surface area contributed by atoms with Crippen molar-refractivity contribution in [1.82, 2.24) is 4.90 Å². The molecule has 1 amide bonds. The maximum atomic E-state index is 13.3. The van der Waals surface area contributed by atoms with Gasteiger partial charge in [0.25, 0.3) is 11.6 Å². The maximum absolute atomic E-state index is 13.3. The summed E-state index contributed by atoms with van der Waals surface area (Å²) in [7, 11) is 1.63. The SMILES string of the molecule is CN(C(=O)c1cc(F)ccc1[N+](=O)[O-])C1CCCCC1. The van der Waals surface area contributed by atoms with Gasteiger partial charge in [-0.1, -0.05) is 19.3 Å². The number of rotatable bonds is 3. The van der Waals surface area contributed by atoms with Crippen molar-refractivity contribution in [2.24, 2.45) is 0 Å². The van der Waals surface area contributed by atoms with Gasteiger partial charge in [-0.15, -0.1) is 0 Å². The molecular formula is C14H17FN2O3. The number of hydrogen-bond donors (Lipinski definition) is 0. The molecule has 1 fully saturated rings. The first kappa shape index (κ1) is 14.4. The van der Waals surface area contributed by atoms with Crippen LogP contribution in [0.1, 0.15) is 42.5 Å². The molecule has 0 unspecified atom stereocenters. The summed E-state index contributed by atoms with van der Waals surface area (Å²) in [6, 6.07) is 3.06. The van der Waals surface area contributed by atoms with Crippen LogP contribution < -0.4 is 0 Å². The molecule has 1 saturated carbocycles. The summed E-state index contributed by atoms with van der Waals surface area (Å²) in [6.45, 7) is 0. The van der Waals surface area contributed by atoms with Crippen LogP contribution in [0.15, 0.2) is 18.2 Å². The van der Waals surface area contributed by atoms with E-state index in [1.54, 1.807) is 7.05 Å². The first-order chi connectivity index (χ1) is 9.50. The third kappa shape index (κ3) is 2.95. The number of carbonyl (C=O) groups excluding carboxylic acids is 1. The number of nitro groups is 1. The van der Waals surface area contributed by atoms with Crippen LogP contribution in [-0.4, -0.2) is 28.8 Å². The van der Waals surface area contributed by atoms with Gasteiger partial charge < -0.3 is 4.90 Å². The Balaban J connectivity index is 2.27. The molecule has 0 heterocycles. The van der Waals surface area contributed by atoms with Gasteiger partial charge in [-0.05, 0) is 25.0 Å². The lowest BCUT2D eigenvalue weighted by molar-refractivity contribution is -0.385. The fraction of sp³-hybridized carbons (Fsp3) is 0.500. The van der Waals surface area contributed by atoms with Gasteiger partial charge in [0.15, 0.2) is 0 Å². The third-order valence-corrected chi connectivity index (χ3v) is 3.83. The lowest BCUT2D eigenvalue weighted by Gasteiger charge is -2.31. The number of hydrogen-bond acceptors (Lipinski definition) is 3. The van der Waals surface area contributed by atoms with E-state index in [2.05, 4.69) is 0 Å². The van der Waals surface area contributed by atoms with Crippen molar-refractivity contribution in [2.75, 3.05) is 7.05 Å². The van der Waals surface area contributed by atoms with E-state index in [0.29, 0.717) is 0 Å². The number of carbonyl (C=O) groups is 1. The summed E-state index contributed by atoms with van der Waals surface area (Å²) in [5.41, 5.74) is -0.526. The van der Waals surface area contributed by atoms with Crippen LogP contribution in [0.3, 0.4) is 0 Å². The van der Waals surface area contributed by atoms with Crippen LogP contribution in [0.5, 0.6) is 0 Å². The minimum absolute atomic E-state index is 0.0825. The van der Waals surface area contributed by atoms with Crippen LogP contribution >= 0.6 is 0 Å². The van der Waals surface area contributed by atoms with E-state index in [9.17, 15) is 19.3 Å². The van der Waals surface area contributed by atoms with Crippen LogP contribution in [-0.2, 0) is 0 Å². The molecule has 2 rings (SSSR count). The molecule has 0 atom stereocenters. The molecule has 20 heavy (non-hydrogen) atoms. The molecule has 0 aromatic heterocycles. The lowest BCUT2D eigenvalue weighted by Crippen LogP contribution is -2.38. The average molecular weight is 280 g/mol. The van der Waals surface area contributed by atoms with Gasteiger partial charge in [0.05, 0.1) is 4.92 Å². The van der Waals surface area contributed by atoms with E-state index < -0.39 is 16.6 Å². The highest BCUT2D eigenvalue weighted by molar-refractivity contribution is 5.98. The second-order valence-electron chi connectivity index (χ2n) is 5.13. The van der Waals surface area contributed by atoms with E-state index in [1.165, 1.54) is 4.90 Å². The molecule has 6 heteroatoms. The first-order valence-electron chi connectivity index (χ1n) is 6.72. The summed E-state index contributed by atoms with van der Waals surface area (Å²) in [6.07, 6.45) is 5.04. The molecule has 108 valence electrons. The largest absolute Gasteiger partial charge is 0.339 e. The quantitative estimate of drug-likeness (QED) is 0.631. The molecule has 1 aromatic rings. The summed E-state index contributed by atoms with van der Waals surface area (Å²) >= 11 is 0. The highest BCUT2D eigenvalue weighted by atomic mass is 19.1. The van der Waals surface area contributed by atoms with Gasteiger partial charge in [0.2, 0.25) is 0 Å². The Morgan fingerprint density at radius 1 is 1.35 bits per heavy atom. The average Bonchev–Trinajstić information content (AvgIpc) is 2.46. The molecule has 1 aliphatic rings. The fourth-order valence-corrected chi connectivity index (χ4v) is 2.66. The predicted octanol–water partition coefficient (Wildman–Crippen LogP) is 3.14. The molecule has 1 aliphatic carbocycles. The number of nitrogens with zero attached hydrogens (tertiary/aromatic N) is 2. The highest BCUT2D eigenvalue weighted by Gasteiger charge is 2.28. The topological polar surface area (TPSA) is 63.5 Å². The monoisotopic (exact) mass is 280 g/mol. The molecule has 1 aromatic carbocycles. The third-order valence-electron chi connectivity index (χ3n) is 3.83. The van der Waals surface area contributed by atoms with Crippen LogP contribution in [0.4, 0.5) is 10.1 Å². The summed E-state index contributed by atoms with van der Waals surface area (Å²) in [4.78, 5) is 24.2. The molecule has 5 nitrogen and oxygen atoms in total. The van der Waals surface area contributed by atoms with E-state index in [4.69, 9.17) is 0 Å². The number of benzene rings is 1. The van der Waals surface area contributed by atoms with Gasteiger partial charge in [0.1, 0.15) is 11.4 Å². The fourth-order valence-electron chi connectivity index (χ4n) is 2.66. The van der Waals surface area contributed by atoms with Gasteiger partial charge in [-0.25, -0.2) is 4.39 Å². The normalized spacial score (nSPS) is 15.9. The first-order valence-corrected chi connectivity index (χ1v) is 6.72. The Morgan fingerprint density at radius 3 is 2.60 bits per heavy atom. The van der Waals surface area contributed by atoms with Crippen molar-refractivity contribution in [1.29, 1.82) is 0 Å².